The second-order valence-electron chi connectivity index (χ2n) is 7.73. The van der Waals surface area contributed by atoms with E-state index >= 15 is 0 Å². The van der Waals surface area contributed by atoms with Crippen LogP contribution in [0, 0.1) is 5.92 Å². The minimum absolute atomic E-state index is 0.00576. The van der Waals surface area contributed by atoms with Gasteiger partial charge >= 0.3 is 0 Å². The second kappa shape index (κ2) is 6.28. The highest BCUT2D eigenvalue weighted by molar-refractivity contribution is 5.82. The predicted molar refractivity (Wildman–Crippen MR) is 85.9 cm³/mol. The van der Waals surface area contributed by atoms with Crippen molar-refractivity contribution in [1.82, 2.24) is 14.9 Å². The van der Waals surface area contributed by atoms with Gasteiger partial charge in [-0.15, -0.1) is 0 Å². The summed E-state index contributed by atoms with van der Waals surface area (Å²) in [5, 5.41) is 1.50. The molecule has 7 heteroatoms. The minimum atomic E-state index is -0.287. The van der Waals surface area contributed by atoms with Crippen molar-refractivity contribution in [3.05, 3.63) is 0 Å². The third-order valence-corrected chi connectivity index (χ3v) is 5.87. The van der Waals surface area contributed by atoms with Gasteiger partial charge < -0.3 is 9.64 Å². The summed E-state index contributed by atoms with van der Waals surface area (Å²) in [7, 11) is 1.97. The summed E-state index contributed by atoms with van der Waals surface area (Å²) < 4.78 is 6.07. The maximum absolute atomic E-state index is 12.6. The Morgan fingerprint density at radius 1 is 1.04 bits per heavy atom. The summed E-state index contributed by atoms with van der Waals surface area (Å²) in [5.74, 6) is 0.529. The topological polar surface area (TPSA) is 62.3 Å². The van der Waals surface area contributed by atoms with E-state index in [1.807, 2.05) is 11.9 Å². The number of carbonyl (C=O) groups excluding carboxylic acids is 2. The van der Waals surface area contributed by atoms with Gasteiger partial charge in [-0.2, -0.15) is 0 Å². The summed E-state index contributed by atoms with van der Waals surface area (Å²) in [6.07, 6.45) is 5.25. The fraction of sp³-hybridized carbons (Fsp3) is 0.882. The molecule has 0 bridgehead atoms. The van der Waals surface area contributed by atoms with Gasteiger partial charge in [0.1, 0.15) is 11.6 Å². The molecule has 3 saturated heterocycles. The zero-order valence-corrected chi connectivity index (χ0v) is 14.4. The summed E-state index contributed by atoms with van der Waals surface area (Å²) in [6, 6.07) is -0.287. The number of nitrogens with zero attached hydrogens (tertiary/aromatic N) is 3. The van der Waals surface area contributed by atoms with Crippen LogP contribution in [0.2, 0.25) is 0 Å². The Morgan fingerprint density at radius 3 is 2.42 bits per heavy atom. The first-order valence-electron chi connectivity index (χ1n) is 9.15. The van der Waals surface area contributed by atoms with Crippen molar-refractivity contribution >= 4 is 11.8 Å². The molecule has 0 aromatic heterocycles. The molecule has 0 N–H and O–H groups in total. The number of likely N-dealkylation sites (N-methyl/N-ethyl adjacent to an activating group) is 1. The van der Waals surface area contributed by atoms with E-state index in [0.29, 0.717) is 39.4 Å². The van der Waals surface area contributed by atoms with E-state index in [-0.39, 0.29) is 29.4 Å². The smallest absolute Gasteiger partial charge is 0.265 e. The number of hydrogen-bond donors (Lipinski definition) is 0. The van der Waals surface area contributed by atoms with Crippen molar-refractivity contribution in [3.63, 3.8) is 0 Å². The molecule has 0 aromatic carbocycles. The lowest BCUT2D eigenvalue weighted by Crippen LogP contribution is -2.73. The van der Waals surface area contributed by atoms with Gasteiger partial charge in [-0.05, 0) is 32.7 Å². The van der Waals surface area contributed by atoms with Crippen LogP contribution in [0.4, 0.5) is 0 Å². The van der Waals surface area contributed by atoms with Gasteiger partial charge in [-0.1, -0.05) is 6.42 Å². The molecule has 3 aliphatic heterocycles. The van der Waals surface area contributed by atoms with Crippen molar-refractivity contribution in [2.24, 2.45) is 5.92 Å². The van der Waals surface area contributed by atoms with Crippen LogP contribution in [-0.4, -0.2) is 84.8 Å². The average molecular weight is 337 g/mol. The molecule has 2 amide bonds. The molecule has 1 unspecified atom stereocenters. The fourth-order valence-corrected chi connectivity index (χ4v) is 4.10. The van der Waals surface area contributed by atoms with Crippen LogP contribution in [0.3, 0.4) is 0 Å². The van der Waals surface area contributed by atoms with Gasteiger partial charge in [0.15, 0.2) is 0 Å². The molecule has 1 spiro atoms. The van der Waals surface area contributed by atoms with Crippen LogP contribution < -0.4 is 0 Å². The number of morpholine rings is 1. The van der Waals surface area contributed by atoms with Gasteiger partial charge in [-0.3, -0.25) is 19.3 Å². The van der Waals surface area contributed by atoms with Crippen LogP contribution in [-0.2, 0) is 19.2 Å². The normalized spacial score (nSPS) is 30.8. The van der Waals surface area contributed by atoms with Crippen molar-refractivity contribution in [3.8, 4) is 0 Å². The van der Waals surface area contributed by atoms with Crippen molar-refractivity contribution < 1.29 is 19.2 Å². The Morgan fingerprint density at radius 2 is 1.83 bits per heavy atom. The van der Waals surface area contributed by atoms with Crippen LogP contribution in [0.25, 0.3) is 0 Å². The first-order valence-corrected chi connectivity index (χ1v) is 9.15. The Kier molecular flexibility index (Phi) is 4.26. The van der Waals surface area contributed by atoms with Gasteiger partial charge in [0.2, 0.25) is 5.91 Å². The molecule has 1 atom stereocenters. The maximum atomic E-state index is 12.6. The van der Waals surface area contributed by atoms with Crippen molar-refractivity contribution in [2.45, 2.75) is 43.7 Å². The lowest BCUT2D eigenvalue weighted by atomic mass is 9.81. The third-order valence-electron chi connectivity index (χ3n) is 5.87. The Balaban J connectivity index is 1.30. The Labute approximate surface area is 142 Å². The van der Waals surface area contributed by atoms with E-state index in [2.05, 4.69) is 4.90 Å². The zero-order chi connectivity index (χ0) is 16.7. The van der Waals surface area contributed by atoms with E-state index in [1.54, 1.807) is 0 Å². The largest absolute Gasteiger partial charge is 0.368 e. The van der Waals surface area contributed by atoms with Crippen LogP contribution in [0.15, 0.2) is 0 Å². The molecule has 1 saturated carbocycles. The number of amides is 2. The Bertz CT molecular complexity index is 510. The standard InChI is InChI=1S/C17H27N3O4/c1-18-10-17(11-19(12-17)15(21)13-5-4-6-13)23-9-14(18)16(22)20-7-2-3-8-24-20/h13-14H,2-12H2,1H3. The number of hydroxylamine groups is 2. The lowest BCUT2D eigenvalue weighted by molar-refractivity contribution is -0.225. The highest BCUT2D eigenvalue weighted by Crippen LogP contribution is 2.35. The van der Waals surface area contributed by atoms with Crippen LogP contribution >= 0.6 is 0 Å². The second-order valence-corrected chi connectivity index (χ2v) is 7.73. The average Bonchev–Trinajstić information content (AvgIpc) is 2.51. The Hall–Kier alpha value is -1.18. The predicted octanol–water partition coefficient (Wildman–Crippen LogP) is 0.252. The molecule has 7 nitrogen and oxygen atoms in total. The highest BCUT2D eigenvalue weighted by Gasteiger charge is 2.52. The number of hydrogen-bond acceptors (Lipinski definition) is 5. The minimum Gasteiger partial charge on any atom is -0.368 e. The fourth-order valence-electron chi connectivity index (χ4n) is 4.10. The molecule has 4 rings (SSSR count). The molecular weight excluding hydrogens is 310 g/mol. The van der Waals surface area contributed by atoms with E-state index in [1.165, 1.54) is 11.5 Å². The van der Waals surface area contributed by atoms with Crippen molar-refractivity contribution in [2.75, 3.05) is 46.4 Å². The summed E-state index contributed by atoms with van der Waals surface area (Å²) in [4.78, 5) is 34.3. The monoisotopic (exact) mass is 337 g/mol. The van der Waals surface area contributed by atoms with E-state index in [4.69, 9.17) is 9.57 Å². The molecule has 24 heavy (non-hydrogen) atoms. The van der Waals surface area contributed by atoms with E-state index in [0.717, 1.165) is 25.7 Å². The van der Waals surface area contributed by atoms with E-state index < -0.39 is 0 Å². The van der Waals surface area contributed by atoms with Gasteiger partial charge in [0, 0.05) is 19.0 Å². The van der Waals surface area contributed by atoms with E-state index in [9.17, 15) is 9.59 Å². The molecule has 1 aliphatic carbocycles. The SMILES string of the molecule is CN1CC2(CN(C(=O)C3CCC3)C2)OCC1C(=O)N1CCCCO1. The number of likely N-dealkylation sites (tertiary alicyclic amines) is 1. The molecule has 3 heterocycles. The summed E-state index contributed by atoms with van der Waals surface area (Å²) >= 11 is 0. The molecule has 0 radical (unpaired) electrons. The first kappa shape index (κ1) is 16.3. The zero-order valence-electron chi connectivity index (χ0n) is 14.4. The molecular formula is C17H27N3O4. The first-order chi connectivity index (χ1) is 11.6. The molecule has 4 fully saturated rings. The summed E-state index contributed by atoms with van der Waals surface area (Å²) in [5.41, 5.74) is -0.284. The highest BCUT2D eigenvalue weighted by atomic mass is 16.7. The molecule has 134 valence electrons. The summed E-state index contributed by atoms with van der Waals surface area (Å²) in [6.45, 7) is 3.66. The third kappa shape index (κ3) is 2.82. The quantitative estimate of drug-likeness (QED) is 0.723. The van der Waals surface area contributed by atoms with Gasteiger partial charge in [0.05, 0.1) is 26.3 Å². The molecule has 4 aliphatic rings. The van der Waals surface area contributed by atoms with Gasteiger partial charge in [-0.25, -0.2) is 5.06 Å². The molecule has 0 aromatic rings. The maximum Gasteiger partial charge on any atom is 0.265 e. The number of rotatable bonds is 2. The van der Waals surface area contributed by atoms with Crippen LogP contribution in [0.1, 0.15) is 32.1 Å². The number of ether oxygens (including phenoxy) is 1. The van der Waals surface area contributed by atoms with Crippen LogP contribution in [0.5, 0.6) is 0 Å². The lowest BCUT2D eigenvalue weighted by Gasteiger charge is -2.55. The van der Waals surface area contributed by atoms with Gasteiger partial charge in [0.25, 0.3) is 5.91 Å². The van der Waals surface area contributed by atoms with Crippen molar-refractivity contribution in [1.29, 1.82) is 0 Å². The number of carbonyl (C=O) groups is 2.